The SMILES string of the molecule is Cc1c(N)cc(S(=O)(=O)Nc2ccsc2)cc1F. The molecular weight excluding hydrogens is 275 g/mol. The lowest BCUT2D eigenvalue weighted by atomic mass is 10.2. The summed E-state index contributed by atoms with van der Waals surface area (Å²) < 4.78 is 39.8. The largest absolute Gasteiger partial charge is 0.398 e. The first-order chi connectivity index (χ1) is 8.40. The molecule has 1 aromatic carbocycles. The van der Waals surface area contributed by atoms with Crippen LogP contribution in [0.25, 0.3) is 0 Å². The molecule has 18 heavy (non-hydrogen) atoms. The molecule has 0 aliphatic heterocycles. The van der Waals surface area contributed by atoms with Crippen LogP contribution < -0.4 is 10.5 Å². The molecule has 0 aliphatic rings. The van der Waals surface area contributed by atoms with Crippen LogP contribution in [0, 0.1) is 12.7 Å². The lowest BCUT2D eigenvalue weighted by Crippen LogP contribution is -2.13. The molecule has 0 bridgehead atoms. The van der Waals surface area contributed by atoms with Crippen molar-refractivity contribution in [3.63, 3.8) is 0 Å². The van der Waals surface area contributed by atoms with E-state index >= 15 is 0 Å². The van der Waals surface area contributed by atoms with Gasteiger partial charge in [-0.05, 0) is 30.5 Å². The van der Waals surface area contributed by atoms with Gasteiger partial charge in [-0.2, -0.15) is 11.3 Å². The summed E-state index contributed by atoms with van der Waals surface area (Å²) in [6.07, 6.45) is 0. The van der Waals surface area contributed by atoms with Crippen LogP contribution in [0.4, 0.5) is 15.8 Å². The molecule has 1 aromatic heterocycles. The van der Waals surface area contributed by atoms with Gasteiger partial charge in [0.15, 0.2) is 0 Å². The fraction of sp³-hybridized carbons (Fsp3) is 0.0909. The summed E-state index contributed by atoms with van der Waals surface area (Å²) in [4.78, 5) is -0.186. The Bertz CT molecular complexity index is 643. The van der Waals surface area contributed by atoms with Gasteiger partial charge in [-0.3, -0.25) is 4.72 Å². The summed E-state index contributed by atoms with van der Waals surface area (Å²) >= 11 is 1.36. The van der Waals surface area contributed by atoms with Gasteiger partial charge in [0, 0.05) is 16.6 Å². The highest BCUT2D eigenvalue weighted by atomic mass is 32.2. The van der Waals surface area contributed by atoms with E-state index in [0.29, 0.717) is 5.69 Å². The molecule has 2 aromatic rings. The van der Waals surface area contributed by atoms with Crippen molar-refractivity contribution in [2.45, 2.75) is 11.8 Å². The summed E-state index contributed by atoms with van der Waals surface area (Å²) in [6, 6.07) is 3.82. The lowest BCUT2D eigenvalue weighted by Gasteiger charge is -2.09. The summed E-state index contributed by atoms with van der Waals surface area (Å²) in [5.74, 6) is -0.638. The minimum absolute atomic E-state index is 0.112. The Morgan fingerprint density at radius 2 is 2.11 bits per heavy atom. The Labute approximate surface area is 108 Å². The zero-order valence-corrected chi connectivity index (χ0v) is 11.1. The summed E-state index contributed by atoms with van der Waals surface area (Å²) in [5.41, 5.74) is 6.36. The Balaban J connectivity index is 2.42. The molecule has 4 nitrogen and oxygen atoms in total. The van der Waals surface area contributed by atoms with Crippen molar-refractivity contribution in [2.75, 3.05) is 10.5 Å². The second kappa shape index (κ2) is 4.58. The number of hydrogen-bond acceptors (Lipinski definition) is 4. The molecule has 0 radical (unpaired) electrons. The smallest absolute Gasteiger partial charge is 0.262 e. The third-order valence-electron chi connectivity index (χ3n) is 2.44. The van der Waals surface area contributed by atoms with E-state index in [2.05, 4.69) is 4.72 Å². The second-order valence-electron chi connectivity index (χ2n) is 3.74. The average Bonchev–Trinajstić information content (AvgIpc) is 2.77. The van der Waals surface area contributed by atoms with Crippen LogP contribution in [0.5, 0.6) is 0 Å². The number of nitrogens with two attached hydrogens (primary N) is 1. The number of rotatable bonds is 3. The molecule has 0 spiro atoms. The van der Waals surface area contributed by atoms with Crippen molar-refractivity contribution in [3.8, 4) is 0 Å². The van der Waals surface area contributed by atoms with Crippen LogP contribution in [0.3, 0.4) is 0 Å². The normalized spacial score (nSPS) is 11.4. The van der Waals surface area contributed by atoms with E-state index in [1.54, 1.807) is 16.8 Å². The maximum Gasteiger partial charge on any atom is 0.262 e. The minimum atomic E-state index is -3.81. The Morgan fingerprint density at radius 1 is 1.39 bits per heavy atom. The third-order valence-corrected chi connectivity index (χ3v) is 4.49. The Hall–Kier alpha value is -1.60. The molecule has 0 atom stereocenters. The van der Waals surface area contributed by atoms with Crippen LogP contribution in [0.2, 0.25) is 0 Å². The Kier molecular flexibility index (Phi) is 3.27. The number of hydrogen-bond donors (Lipinski definition) is 2. The highest BCUT2D eigenvalue weighted by molar-refractivity contribution is 7.92. The van der Waals surface area contributed by atoms with Crippen LogP contribution in [-0.2, 0) is 10.0 Å². The van der Waals surface area contributed by atoms with Gasteiger partial charge in [-0.15, -0.1) is 0 Å². The summed E-state index contributed by atoms with van der Waals surface area (Å²) in [7, 11) is -3.81. The fourth-order valence-electron chi connectivity index (χ4n) is 1.37. The summed E-state index contributed by atoms with van der Waals surface area (Å²) in [6.45, 7) is 1.49. The molecular formula is C11H11FN2O2S2. The zero-order chi connectivity index (χ0) is 13.3. The second-order valence-corrected chi connectivity index (χ2v) is 6.20. The van der Waals surface area contributed by atoms with Crippen molar-refractivity contribution < 1.29 is 12.8 Å². The number of halogens is 1. The average molecular weight is 286 g/mol. The molecule has 0 saturated heterocycles. The number of sulfonamides is 1. The molecule has 0 aliphatic carbocycles. The molecule has 96 valence electrons. The van der Waals surface area contributed by atoms with Gasteiger partial charge in [-0.25, -0.2) is 12.8 Å². The fourth-order valence-corrected chi connectivity index (χ4v) is 3.12. The van der Waals surface area contributed by atoms with E-state index in [0.717, 1.165) is 6.07 Å². The van der Waals surface area contributed by atoms with Crippen molar-refractivity contribution >= 4 is 32.7 Å². The molecule has 7 heteroatoms. The lowest BCUT2D eigenvalue weighted by molar-refractivity contribution is 0.593. The van der Waals surface area contributed by atoms with E-state index in [1.165, 1.54) is 24.3 Å². The molecule has 0 saturated carbocycles. The van der Waals surface area contributed by atoms with E-state index in [1.807, 2.05) is 0 Å². The third kappa shape index (κ3) is 2.46. The Morgan fingerprint density at radius 3 is 2.67 bits per heavy atom. The first kappa shape index (κ1) is 12.8. The topological polar surface area (TPSA) is 72.2 Å². The van der Waals surface area contributed by atoms with Crippen LogP contribution in [-0.4, -0.2) is 8.42 Å². The molecule has 2 rings (SSSR count). The van der Waals surface area contributed by atoms with E-state index in [9.17, 15) is 12.8 Å². The predicted molar refractivity (Wildman–Crippen MR) is 70.7 cm³/mol. The van der Waals surface area contributed by atoms with Crippen molar-refractivity contribution in [1.29, 1.82) is 0 Å². The van der Waals surface area contributed by atoms with Gasteiger partial charge in [0.1, 0.15) is 5.82 Å². The molecule has 0 fully saturated rings. The van der Waals surface area contributed by atoms with Crippen molar-refractivity contribution in [3.05, 3.63) is 40.3 Å². The standard InChI is InChI=1S/C11H11FN2O2S2/c1-7-10(12)4-9(5-11(7)13)18(15,16)14-8-2-3-17-6-8/h2-6,14H,13H2,1H3. The van der Waals surface area contributed by atoms with Gasteiger partial charge in [-0.1, -0.05) is 0 Å². The monoisotopic (exact) mass is 286 g/mol. The number of thiophene rings is 1. The van der Waals surface area contributed by atoms with Crippen LogP contribution in [0.1, 0.15) is 5.56 Å². The number of nitrogens with one attached hydrogen (secondary N) is 1. The first-order valence-electron chi connectivity index (χ1n) is 5.01. The van der Waals surface area contributed by atoms with Crippen molar-refractivity contribution in [1.82, 2.24) is 0 Å². The van der Waals surface area contributed by atoms with Gasteiger partial charge < -0.3 is 5.73 Å². The number of nitrogen functional groups attached to an aromatic ring is 1. The number of benzene rings is 1. The van der Waals surface area contributed by atoms with Crippen LogP contribution >= 0.6 is 11.3 Å². The van der Waals surface area contributed by atoms with Gasteiger partial charge in [0.05, 0.1) is 10.6 Å². The molecule has 3 N–H and O–H groups in total. The maximum atomic E-state index is 13.5. The minimum Gasteiger partial charge on any atom is -0.398 e. The van der Waals surface area contributed by atoms with E-state index in [4.69, 9.17) is 5.73 Å². The molecule has 1 heterocycles. The molecule has 0 unspecified atom stereocenters. The summed E-state index contributed by atoms with van der Waals surface area (Å²) in [5, 5.41) is 3.38. The predicted octanol–water partition coefficient (Wildman–Crippen LogP) is 2.58. The highest BCUT2D eigenvalue weighted by Gasteiger charge is 2.17. The van der Waals surface area contributed by atoms with E-state index in [-0.39, 0.29) is 16.1 Å². The number of anilines is 2. The van der Waals surface area contributed by atoms with E-state index < -0.39 is 15.8 Å². The molecule has 0 amide bonds. The quantitative estimate of drug-likeness (QED) is 0.852. The maximum absolute atomic E-state index is 13.5. The van der Waals surface area contributed by atoms with Crippen LogP contribution in [0.15, 0.2) is 33.9 Å². The first-order valence-corrected chi connectivity index (χ1v) is 7.43. The van der Waals surface area contributed by atoms with Crippen molar-refractivity contribution in [2.24, 2.45) is 0 Å². The van der Waals surface area contributed by atoms with Gasteiger partial charge >= 0.3 is 0 Å². The zero-order valence-electron chi connectivity index (χ0n) is 9.48. The highest BCUT2D eigenvalue weighted by Crippen LogP contribution is 2.23. The van der Waals surface area contributed by atoms with Gasteiger partial charge in [0.25, 0.3) is 10.0 Å². The van der Waals surface area contributed by atoms with Gasteiger partial charge in [0.2, 0.25) is 0 Å².